The molecule has 12 aromatic rings. The van der Waals surface area contributed by atoms with Crippen molar-refractivity contribution in [3.05, 3.63) is 206 Å². The summed E-state index contributed by atoms with van der Waals surface area (Å²) >= 11 is 0. The third-order valence-corrected chi connectivity index (χ3v) is 11.7. The molecule has 3 heterocycles. The van der Waals surface area contributed by atoms with Gasteiger partial charge in [-0.2, -0.15) is 0 Å². The summed E-state index contributed by atoms with van der Waals surface area (Å²) in [7, 11) is 0. The maximum atomic E-state index is 5.62. The highest BCUT2D eigenvalue weighted by Crippen LogP contribution is 2.42. The first kappa shape index (κ1) is 32.4. The van der Waals surface area contributed by atoms with Crippen LogP contribution < -0.4 is 0 Å². The fourth-order valence-corrected chi connectivity index (χ4v) is 9.01. The van der Waals surface area contributed by atoms with Crippen molar-refractivity contribution in [1.29, 1.82) is 0 Å². The molecule has 58 heavy (non-hydrogen) atoms. The normalized spacial score (nSPS) is 11.8. The van der Waals surface area contributed by atoms with E-state index in [9.17, 15) is 0 Å². The number of benzene rings is 9. The molecule has 4 nitrogen and oxygen atoms in total. The lowest BCUT2D eigenvalue weighted by atomic mass is 9.92. The quantitative estimate of drug-likeness (QED) is 0.176. The molecule has 0 bridgehead atoms. The number of para-hydroxylation sites is 3. The predicted octanol–water partition coefficient (Wildman–Crippen LogP) is 14.0. The van der Waals surface area contributed by atoms with Gasteiger partial charge in [0.25, 0.3) is 0 Å². The monoisotopic (exact) mass is 738 g/mol. The topological polar surface area (TPSA) is 35.6 Å². The van der Waals surface area contributed by atoms with Crippen molar-refractivity contribution < 1.29 is 0 Å². The van der Waals surface area contributed by atoms with Gasteiger partial charge in [0, 0.05) is 32.8 Å². The summed E-state index contributed by atoms with van der Waals surface area (Å²) in [6.07, 6.45) is 0. The fourth-order valence-electron chi connectivity index (χ4n) is 9.01. The molecule has 0 atom stereocenters. The summed E-state index contributed by atoms with van der Waals surface area (Å²) in [5.74, 6) is 0.807. The number of hydrogen-bond donors (Lipinski definition) is 0. The van der Waals surface area contributed by atoms with Crippen LogP contribution in [0.3, 0.4) is 0 Å². The molecule has 3 aromatic heterocycles. The van der Waals surface area contributed by atoms with Gasteiger partial charge in [-0.25, -0.2) is 9.97 Å². The lowest BCUT2D eigenvalue weighted by molar-refractivity contribution is 1.08. The standard InChI is InChI=1S/C54H34N4/c1-4-16-35(17-5-1)43-33-48-47(34-44(43)39-28-29-51-45(31-39)41-24-12-14-26-49(41)57(51)40-22-8-3-9-23-40)55-53(36-18-6-2-7-19-36)54(56-48)58-50-27-15-13-25-42(50)46-30-37-20-10-11-21-38(37)32-52(46)58/h1-34H. The molecule has 9 aromatic carbocycles. The first-order valence-corrected chi connectivity index (χ1v) is 19.7. The second kappa shape index (κ2) is 12.9. The summed E-state index contributed by atoms with van der Waals surface area (Å²) < 4.78 is 4.68. The molecule has 0 aliphatic rings. The fraction of sp³-hybridized carbons (Fsp3) is 0. The van der Waals surface area contributed by atoms with Crippen LogP contribution in [0.4, 0.5) is 0 Å². The van der Waals surface area contributed by atoms with Crippen molar-refractivity contribution in [2.45, 2.75) is 0 Å². The van der Waals surface area contributed by atoms with E-state index in [2.05, 4.69) is 215 Å². The minimum atomic E-state index is 0.807. The van der Waals surface area contributed by atoms with Crippen molar-refractivity contribution in [3.63, 3.8) is 0 Å². The Bertz CT molecular complexity index is 3550. The first-order chi connectivity index (χ1) is 28.8. The highest BCUT2D eigenvalue weighted by Gasteiger charge is 2.22. The summed E-state index contributed by atoms with van der Waals surface area (Å²) in [5, 5.41) is 7.22. The van der Waals surface area contributed by atoms with Gasteiger partial charge in [0.15, 0.2) is 5.82 Å². The van der Waals surface area contributed by atoms with Crippen LogP contribution in [0.5, 0.6) is 0 Å². The minimum absolute atomic E-state index is 0.807. The van der Waals surface area contributed by atoms with Gasteiger partial charge < -0.3 is 4.57 Å². The Balaban J connectivity index is 1.15. The van der Waals surface area contributed by atoms with Gasteiger partial charge in [-0.3, -0.25) is 4.57 Å². The Morgan fingerprint density at radius 1 is 0.310 bits per heavy atom. The van der Waals surface area contributed by atoms with Crippen LogP contribution in [0.15, 0.2) is 206 Å². The third-order valence-electron chi connectivity index (χ3n) is 11.7. The van der Waals surface area contributed by atoms with E-state index in [-0.39, 0.29) is 0 Å². The van der Waals surface area contributed by atoms with E-state index in [1.165, 1.54) is 43.4 Å². The van der Waals surface area contributed by atoms with Gasteiger partial charge in [0.2, 0.25) is 0 Å². The molecule has 0 aliphatic carbocycles. The minimum Gasteiger partial charge on any atom is -0.309 e. The van der Waals surface area contributed by atoms with Crippen molar-refractivity contribution in [2.75, 3.05) is 0 Å². The highest BCUT2D eigenvalue weighted by atomic mass is 15.1. The molecular formula is C54H34N4. The molecule has 0 saturated heterocycles. The van der Waals surface area contributed by atoms with Crippen LogP contribution in [-0.2, 0) is 0 Å². The zero-order valence-corrected chi connectivity index (χ0v) is 31.4. The smallest absolute Gasteiger partial charge is 0.165 e. The van der Waals surface area contributed by atoms with Crippen molar-refractivity contribution in [1.82, 2.24) is 19.1 Å². The molecule has 270 valence electrons. The molecule has 0 radical (unpaired) electrons. The summed E-state index contributed by atoms with van der Waals surface area (Å²) in [6.45, 7) is 0. The van der Waals surface area contributed by atoms with Crippen LogP contribution >= 0.6 is 0 Å². The number of rotatable bonds is 5. The van der Waals surface area contributed by atoms with E-state index < -0.39 is 0 Å². The lowest BCUT2D eigenvalue weighted by Gasteiger charge is -2.17. The van der Waals surface area contributed by atoms with Gasteiger partial charge in [-0.05, 0) is 93.7 Å². The molecule has 4 heteroatoms. The van der Waals surface area contributed by atoms with Crippen molar-refractivity contribution in [3.8, 4) is 45.0 Å². The predicted molar refractivity (Wildman–Crippen MR) is 242 cm³/mol. The van der Waals surface area contributed by atoms with Crippen LogP contribution in [0.1, 0.15) is 0 Å². The Morgan fingerprint density at radius 2 is 0.828 bits per heavy atom. The molecule has 0 N–H and O–H groups in total. The summed E-state index contributed by atoms with van der Waals surface area (Å²) in [4.78, 5) is 11.2. The van der Waals surface area contributed by atoms with Gasteiger partial charge in [0.1, 0.15) is 5.69 Å². The molecular weight excluding hydrogens is 705 g/mol. The van der Waals surface area contributed by atoms with Crippen molar-refractivity contribution >= 4 is 65.4 Å². The lowest BCUT2D eigenvalue weighted by Crippen LogP contribution is -2.04. The maximum Gasteiger partial charge on any atom is 0.165 e. The average molecular weight is 739 g/mol. The van der Waals surface area contributed by atoms with E-state index >= 15 is 0 Å². The van der Waals surface area contributed by atoms with Gasteiger partial charge in [-0.15, -0.1) is 0 Å². The van der Waals surface area contributed by atoms with Crippen LogP contribution in [-0.4, -0.2) is 19.1 Å². The maximum absolute atomic E-state index is 5.62. The summed E-state index contributed by atoms with van der Waals surface area (Å²) in [6, 6.07) is 73.7. The van der Waals surface area contributed by atoms with E-state index in [1.807, 2.05) is 0 Å². The molecule has 0 aliphatic heterocycles. The number of nitrogens with zero attached hydrogens (tertiary/aromatic N) is 4. The molecule has 0 fully saturated rings. The molecule has 12 rings (SSSR count). The van der Waals surface area contributed by atoms with E-state index in [0.717, 1.165) is 67.1 Å². The second-order valence-corrected chi connectivity index (χ2v) is 15.0. The Labute approximate surface area is 334 Å². The SMILES string of the molecule is c1ccc(-c2cc3nc(-n4c5ccccc5c5cc6ccccc6cc54)c(-c4ccccc4)nc3cc2-c2ccc3c(c2)c2ccccc2n3-c2ccccc2)cc1. The molecule has 0 amide bonds. The van der Waals surface area contributed by atoms with Gasteiger partial charge in [-0.1, -0.05) is 146 Å². The van der Waals surface area contributed by atoms with Gasteiger partial charge in [0.05, 0.1) is 33.1 Å². The van der Waals surface area contributed by atoms with E-state index in [1.54, 1.807) is 0 Å². The molecule has 0 spiro atoms. The highest BCUT2D eigenvalue weighted by molar-refractivity contribution is 6.14. The van der Waals surface area contributed by atoms with E-state index in [4.69, 9.17) is 9.97 Å². The molecule has 0 saturated carbocycles. The third kappa shape index (κ3) is 5.02. The second-order valence-electron chi connectivity index (χ2n) is 15.0. The van der Waals surface area contributed by atoms with Gasteiger partial charge >= 0.3 is 0 Å². The zero-order valence-electron chi connectivity index (χ0n) is 31.4. The first-order valence-electron chi connectivity index (χ1n) is 19.7. The van der Waals surface area contributed by atoms with Crippen LogP contribution in [0.2, 0.25) is 0 Å². The Kier molecular flexibility index (Phi) is 7.20. The number of hydrogen-bond acceptors (Lipinski definition) is 2. The molecule has 0 unspecified atom stereocenters. The Hall–Kier alpha value is -7.82. The van der Waals surface area contributed by atoms with Crippen LogP contribution in [0, 0.1) is 0 Å². The number of aromatic nitrogens is 4. The van der Waals surface area contributed by atoms with E-state index in [0.29, 0.717) is 0 Å². The number of fused-ring (bicyclic) bond motifs is 8. The van der Waals surface area contributed by atoms with Crippen LogP contribution in [0.25, 0.3) is 110 Å². The Morgan fingerprint density at radius 3 is 1.53 bits per heavy atom. The summed E-state index contributed by atoms with van der Waals surface area (Å²) in [5.41, 5.74) is 13.7. The zero-order chi connectivity index (χ0) is 38.2. The largest absolute Gasteiger partial charge is 0.309 e. The average Bonchev–Trinajstić information content (AvgIpc) is 3.80. The van der Waals surface area contributed by atoms with Crippen molar-refractivity contribution in [2.24, 2.45) is 0 Å².